The Labute approximate surface area is 333 Å². The molecular formula is C53H32N4O. The number of fused-ring (bicyclic) bond motifs is 8. The van der Waals surface area contributed by atoms with Crippen LogP contribution in [0.15, 0.2) is 199 Å². The quantitative estimate of drug-likeness (QED) is 0.176. The molecule has 58 heavy (non-hydrogen) atoms. The maximum atomic E-state index is 6.92. The SMILES string of the molecule is c1ccc(-c2cccc3c2c2ccccc2n3-c2cccc3c2oc2cc(-c4nc(-c5ccc6ccccc6c5)nc(-c5ccc6ccccc6c5)n4)ccc23)cc1. The monoisotopic (exact) mass is 740 g/mol. The Morgan fingerprint density at radius 1 is 0.362 bits per heavy atom. The molecule has 0 amide bonds. The molecule has 3 aromatic heterocycles. The molecule has 3 heterocycles. The first-order valence-corrected chi connectivity index (χ1v) is 19.5. The first-order valence-electron chi connectivity index (χ1n) is 19.5. The van der Waals surface area contributed by atoms with Gasteiger partial charge < -0.3 is 8.98 Å². The van der Waals surface area contributed by atoms with E-state index in [9.17, 15) is 0 Å². The first kappa shape index (κ1) is 32.4. The van der Waals surface area contributed by atoms with Crippen molar-refractivity contribution in [3.63, 3.8) is 0 Å². The van der Waals surface area contributed by atoms with Crippen molar-refractivity contribution < 1.29 is 4.42 Å². The summed E-state index contributed by atoms with van der Waals surface area (Å²) in [6, 6.07) is 68.0. The van der Waals surface area contributed by atoms with E-state index in [1.807, 2.05) is 0 Å². The van der Waals surface area contributed by atoms with Gasteiger partial charge in [-0.3, -0.25) is 0 Å². The summed E-state index contributed by atoms with van der Waals surface area (Å²) in [5.41, 5.74) is 9.95. The van der Waals surface area contributed by atoms with Crippen LogP contribution >= 0.6 is 0 Å². The molecule has 0 saturated heterocycles. The number of hydrogen-bond acceptors (Lipinski definition) is 4. The topological polar surface area (TPSA) is 56.7 Å². The number of nitrogens with zero attached hydrogens (tertiary/aromatic N) is 4. The summed E-state index contributed by atoms with van der Waals surface area (Å²) in [6.45, 7) is 0. The summed E-state index contributed by atoms with van der Waals surface area (Å²) in [6.07, 6.45) is 0. The van der Waals surface area contributed by atoms with E-state index in [2.05, 4.69) is 199 Å². The molecule has 0 fully saturated rings. The molecule has 5 nitrogen and oxygen atoms in total. The van der Waals surface area contributed by atoms with Crippen molar-refractivity contribution in [2.45, 2.75) is 0 Å². The van der Waals surface area contributed by atoms with E-state index in [0.29, 0.717) is 17.5 Å². The maximum absolute atomic E-state index is 6.92. The molecule has 9 aromatic carbocycles. The van der Waals surface area contributed by atoms with Gasteiger partial charge in [-0.25, -0.2) is 15.0 Å². The minimum Gasteiger partial charge on any atom is -0.454 e. The minimum absolute atomic E-state index is 0.583. The van der Waals surface area contributed by atoms with Crippen LogP contribution in [0.3, 0.4) is 0 Å². The van der Waals surface area contributed by atoms with Crippen LogP contribution in [0.4, 0.5) is 0 Å². The number of furan rings is 1. The van der Waals surface area contributed by atoms with E-state index < -0.39 is 0 Å². The van der Waals surface area contributed by atoms with Gasteiger partial charge in [-0.15, -0.1) is 0 Å². The standard InChI is InChI=1S/C53H32N4O/c1-2-14-35(15-3-1)41-19-10-22-46-49(41)44-18-8-9-21-45(44)57(46)47-23-11-20-43-42-29-28-40(32-48(42)58-50(43)47)53-55-51(38-26-24-33-12-4-6-16-36(33)30-38)54-52(56-53)39-27-25-34-13-5-7-17-37(34)31-39/h1-32H. The highest BCUT2D eigenvalue weighted by Crippen LogP contribution is 2.42. The Bertz CT molecular complexity index is 3480. The second kappa shape index (κ2) is 12.8. The lowest BCUT2D eigenvalue weighted by Gasteiger charge is -2.10. The summed E-state index contributed by atoms with van der Waals surface area (Å²) in [4.78, 5) is 15.3. The zero-order valence-corrected chi connectivity index (χ0v) is 31.2. The van der Waals surface area contributed by atoms with Crippen molar-refractivity contribution in [2.75, 3.05) is 0 Å². The van der Waals surface area contributed by atoms with Crippen LogP contribution in [-0.4, -0.2) is 19.5 Å². The molecule has 0 spiro atoms. The molecule has 0 unspecified atom stereocenters. The first-order chi connectivity index (χ1) is 28.7. The van der Waals surface area contributed by atoms with Crippen LogP contribution in [0.1, 0.15) is 0 Å². The number of hydrogen-bond donors (Lipinski definition) is 0. The van der Waals surface area contributed by atoms with Gasteiger partial charge in [-0.1, -0.05) is 152 Å². The molecule has 0 atom stereocenters. The zero-order chi connectivity index (χ0) is 38.2. The van der Waals surface area contributed by atoms with E-state index in [-0.39, 0.29) is 0 Å². The molecule has 0 radical (unpaired) electrons. The Morgan fingerprint density at radius 2 is 0.914 bits per heavy atom. The zero-order valence-electron chi connectivity index (χ0n) is 31.2. The molecule has 12 rings (SSSR count). The third-order valence-electron chi connectivity index (χ3n) is 11.4. The maximum Gasteiger partial charge on any atom is 0.164 e. The molecular weight excluding hydrogens is 709 g/mol. The van der Waals surface area contributed by atoms with E-state index in [4.69, 9.17) is 19.4 Å². The van der Waals surface area contributed by atoms with Crippen LogP contribution in [0.25, 0.3) is 116 Å². The third-order valence-corrected chi connectivity index (χ3v) is 11.4. The van der Waals surface area contributed by atoms with Crippen molar-refractivity contribution in [2.24, 2.45) is 0 Å². The normalized spacial score (nSPS) is 11.8. The smallest absolute Gasteiger partial charge is 0.164 e. The predicted molar refractivity (Wildman–Crippen MR) is 238 cm³/mol. The molecule has 5 heteroatoms. The lowest BCUT2D eigenvalue weighted by molar-refractivity contribution is 0.666. The summed E-state index contributed by atoms with van der Waals surface area (Å²) >= 11 is 0. The molecule has 0 saturated carbocycles. The van der Waals surface area contributed by atoms with Crippen molar-refractivity contribution in [1.29, 1.82) is 0 Å². The van der Waals surface area contributed by atoms with Crippen molar-refractivity contribution in [3.05, 3.63) is 194 Å². The average molecular weight is 741 g/mol. The predicted octanol–water partition coefficient (Wildman–Crippen LogP) is 13.8. The molecule has 0 aliphatic rings. The van der Waals surface area contributed by atoms with Gasteiger partial charge in [-0.05, 0) is 75.1 Å². The Morgan fingerprint density at radius 3 is 1.62 bits per heavy atom. The highest BCUT2D eigenvalue weighted by atomic mass is 16.3. The average Bonchev–Trinajstić information content (AvgIpc) is 3.84. The third kappa shape index (κ3) is 5.14. The van der Waals surface area contributed by atoms with Crippen molar-refractivity contribution in [1.82, 2.24) is 19.5 Å². The Kier molecular flexibility index (Phi) is 7.16. The van der Waals surface area contributed by atoms with Crippen molar-refractivity contribution >= 4 is 65.3 Å². The molecule has 0 bridgehead atoms. The molecule has 0 aliphatic carbocycles. The summed E-state index contributed by atoms with van der Waals surface area (Å²) in [7, 11) is 0. The van der Waals surface area contributed by atoms with Gasteiger partial charge in [0.05, 0.1) is 16.7 Å². The van der Waals surface area contributed by atoms with Crippen LogP contribution in [0.2, 0.25) is 0 Å². The molecule has 0 N–H and O–H groups in total. The van der Waals surface area contributed by atoms with Gasteiger partial charge >= 0.3 is 0 Å². The second-order valence-electron chi connectivity index (χ2n) is 14.8. The minimum atomic E-state index is 0.583. The summed E-state index contributed by atoms with van der Waals surface area (Å²) < 4.78 is 9.26. The van der Waals surface area contributed by atoms with Gasteiger partial charge in [0.1, 0.15) is 5.58 Å². The van der Waals surface area contributed by atoms with Crippen LogP contribution in [-0.2, 0) is 0 Å². The Hall–Kier alpha value is -7.89. The van der Waals surface area contributed by atoms with E-state index in [1.54, 1.807) is 0 Å². The summed E-state index contributed by atoms with van der Waals surface area (Å²) in [5, 5.41) is 9.11. The number of para-hydroxylation sites is 2. The van der Waals surface area contributed by atoms with Crippen LogP contribution < -0.4 is 0 Å². The van der Waals surface area contributed by atoms with E-state index in [0.717, 1.165) is 66.1 Å². The lowest BCUT2D eigenvalue weighted by Crippen LogP contribution is -2.00. The van der Waals surface area contributed by atoms with Crippen molar-refractivity contribution in [3.8, 4) is 51.0 Å². The van der Waals surface area contributed by atoms with Crippen LogP contribution in [0.5, 0.6) is 0 Å². The highest BCUT2D eigenvalue weighted by Gasteiger charge is 2.21. The fourth-order valence-electron chi connectivity index (χ4n) is 8.66. The fraction of sp³-hybridized carbons (Fsp3) is 0. The largest absolute Gasteiger partial charge is 0.454 e. The molecule has 270 valence electrons. The second-order valence-corrected chi connectivity index (χ2v) is 14.8. The van der Waals surface area contributed by atoms with E-state index in [1.165, 1.54) is 32.7 Å². The van der Waals surface area contributed by atoms with Crippen LogP contribution in [0, 0.1) is 0 Å². The van der Waals surface area contributed by atoms with Gasteiger partial charge in [0.25, 0.3) is 0 Å². The molecule has 0 aliphatic heterocycles. The number of aromatic nitrogens is 4. The fourth-order valence-corrected chi connectivity index (χ4v) is 8.66. The summed E-state index contributed by atoms with van der Waals surface area (Å²) in [5.74, 6) is 1.82. The van der Waals surface area contributed by atoms with Gasteiger partial charge in [0.15, 0.2) is 23.1 Å². The number of rotatable bonds is 5. The van der Waals surface area contributed by atoms with Gasteiger partial charge in [-0.2, -0.15) is 0 Å². The number of benzene rings is 9. The highest BCUT2D eigenvalue weighted by molar-refractivity contribution is 6.17. The lowest BCUT2D eigenvalue weighted by atomic mass is 9.99. The van der Waals surface area contributed by atoms with E-state index >= 15 is 0 Å². The van der Waals surface area contributed by atoms with Gasteiger partial charge in [0, 0.05) is 38.2 Å². The van der Waals surface area contributed by atoms with Gasteiger partial charge in [0.2, 0.25) is 0 Å². The Balaban J connectivity index is 1.04. The molecule has 12 aromatic rings.